The van der Waals surface area contributed by atoms with Gasteiger partial charge in [-0.15, -0.1) is 5.10 Å². The molecule has 0 atom stereocenters. The van der Waals surface area contributed by atoms with E-state index in [2.05, 4.69) is 41.7 Å². The van der Waals surface area contributed by atoms with Gasteiger partial charge < -0.3 is 0 Å². The molecule has 0 unspecified atom stereocenters. The number of hydrogen-bond donors (Lipinski definition) is 1. The molecule has 0 aliphatic heterocycles. The molecule has 0 fully saturated rings. The van der Waals surface area contributed by atoms with Gasteiger partial charge in [-0.3, -0.25) is 4.40 Å². The van der Waals surface area contributed by atoms with E-state index < -0.39 is 10.0 Å². The Labute approximate surface area is 161 Å². The van der Waals surface area contributed by atoms with Gasteiger partial charge in [0.05, 0.1) is 4.90 Å². The van der Waals surface area contributed by atoms with E-state index in [1.807, 2.05) is 0 Å². The Balaban J connectivity index is 1.65. The van der Waals surface area contributed by atoms with E-state index in [1.165, 1.54) is 15.1 Å². The third kappa shape index (κ3) is 4.02. The molecule has 0 bridgehead atoms. The highest BCUT2D eigenvalue weighted by Crippen LogP contribution is 2.25. The zero-order valence-corrected chi connectivity index (χ0v) is 16.9. The highest BCUT2D eigenvalue weighted by atomic mass is 79.9. The van der Waals surface area contributed by atoms with Crippen molar-refractivity contribution in [1.82, 2.24) is 18.9 Å². The summed E-state index contributed by atoms with van der Waals surface area (Å²) in [6.07, 6.45) is 2.09. The second-order valence-corrected chi connectivity index (χ2v) is 8.77. The number of rotatable bonds is 6. The lowest BCUT2D eigenvalue weighted by Crippen LogP contribution is -2.28. The predicted molar refractivity (Wildman–Crippen MR) is 101 cm³/mol. The van der Waals surface area contributed by atoms with E-state index in [0.717, 1.165) is 0 Å². The standard InChI is InChI=1S/C15H14Br2N4O3S/c16-11-5-6-12(17)13(10-11)25(23,24)18-7-3-9-21-15(22)20-8-2-1-4-14(20)19-21/h1-2,4-6,8,10,18H,3,7,9H2. The maximum atomic E-state index is 12.4. The minimum atomic E-state index is -3.64. The number of pyridine rings is 1. The fourth-order valence-electron chi connectivity index (χ4n) is 2.31. The Morgan fingerprint density at radius 1 is 1.16 bits per heavy atom. The smallest absolute Gasteiger partial charge is 0.250 e. The number of nitrogens with one attached hydrogen (secondary N) is 1. The van der Waals surface area contributed by atoms with E-state index in [4.69, 9.17) is 0 Å². The molecule has 3 aromatic rings. The molecule has 10 heteroatoms. The second kappa shape index (κ2) is 7.40. The Kier molecular flexibility index (Phi) is 5.42. The van der Waals surface area contributed by atoms with Gasteiger partial charge in [0.15, 0.2) is 5.65 Å². The van der Waals surface area contributed by atoms with Crippen LogP contribution in [0.5, 0.6) is 0 Å². The van der Waals surface area contributed by atoms with Gasteiger partial charge in [0, 0.05) is 28.2 Å². The van der Waals surface area contributed by atoms with Gasteiger partial charge in [-0.05, 0) is 52.7 Å². The van der Waals surface area contributed by atoms with Crippen LogP contribution in [0, 0.1) is 0 Å². The van der Waals surface area contributed by atoms with Crippen molar-refractivity contribution in [1.29, 1.82) is 0 Å². The Morgan fingerprint density at radius 2 is 1.96 bits per heavy atom. The average Bonchev–Trinajstić information content (AvgIpc) is 2.90. The van der Waals surface area contributed by atoms with E-state index in [1.54, 1.807) is 36.5 Å². The van der Waals surface area contributed by atoms with Crippen molar-refractivity contribution in [2.45, 2.75) is 17.9 Å². The van der Waals surface area contributed by atoms with Crippen LogP contribution < -0.4 is 10.4 Å². The molecule has 0 spiro atoms. The molecule has 2 aromatic heterocycles. The lowest BCUT2D eigenvalue weighted by atomic mass is 10.4. The Morgan fingerprint density at radius 3 is 2.72 bits per heavy atom. The van der Waals surface area contributed by atoms with Crippen LogP contribution in [0.25, 0.3) is 5.65 Å². The summed E-state index contributed by atoms with van der Waals surface area (Å²) >= 11 is 6.51. The molecule has 0 saturated heterocycles. The fraction of sp³-hybridized carbons (Fsp3) is 0.200. The monoisotopic (exact) mass is 488 g/mol. The molecule has 7 nitrogen and oxygen atoms in total. The van der Waals surface area contributed by atoms with Crippen molar-refractivity contribution < 1.29 is 8.42 Å². The highest BCUT2D eigenvalue weighted by Gasteiger charge is 2.17. The molecular weight excluding hydrogens is 476 g/mol. The van der Waals surface area contributed by atoms with Gasteiger partial charge in [-0.25, -0.2) is 22.6 Å². The van der Waals surface area contributed by atoms with Crippen LogP contribution in [0.2, 0.25) is 0 Å². The summed E-state index contributed by atoms with van der Waals surface area (Å²) in [5.41, 5.74) is 0.319. The summed E-state index contributed by atoms with van der Waals surface area (Å²) in [5, 5.41) is 4.21. The van der Waals surface area contributed by atoms with Crippen LogP contribution >= 0.6 is 31.9 Å². The van der Waals surface area contributed by atoms with E-state index in [0.29, 0.717) is 27.6 Å². The number of sulfonamides is 1. The molecule has 0 saturated carbocycles. The molecule has 25 heavy (non-hydrogen) atoms. The summed E-state index contributed by atoms with van der Waals surface area (Å²) in [7, 11) is -3.64. The van der Waals surface area contributed by atoms with E-state index in [-0.39, 0.29) is 17.1 Å². The average molecular weight is 490 g/mol. The summed E-state index contributed by atoms with van der Waals surface area (Å²) in [4.78, 5) is 12.3. The molecule has 0 radical (unpaired) electrons. The minimum Gasteiger partial charge on any atom is -0.250 e. The van der Waals surface area contributed by atoms with Gasteiger partial charge in [0.2, 0.25) is 10.0 Å². The number of fused-ring (bicyclic) bond motifs is 1. The van der Waals surface area contributed by atoms with Crippen LogP contribution in [0.3, 0.4) is 0 Å². The Bertz CT molecular complexity index is 1080. The summed E-state index contributed by atoms with van der Waals surface area (Å²) < 4.78 is 31.2. The zero-order valence-electron chi connectivity index (χ0n) is 12.9. The molecule has 0 aliphatic rings. The number of aromatic nitrogens is 3. The quantitative estimate of drug-likeness (QED) is 0.538. The topological polar surface area (TPSA) is 85.5 Å². The zero-order chi connectivity index (χ0) is 18.0. The van der Waals surface area contributed by atoms with Crippen molar-refractivity contribution >= 4 is 47.5 Å². The normalized spacial score (nSPS) is 11.9. The third-order valence-electron chi connectivity index (χ3n) is 3.51. The first-order valence-electron chi connectivity index (χ1n) is 7.37. The molecule has 132 valence electrons. The lowest BCUT2D eigenvalue weighted by Gasteiger charge is -2.08. The fourth-order valence-corrected chi connectivity index (χ4v) is 4.88. The lowest BCUT2D eigenvalue weighted by molar-refractivity contribution is 0.543. The summed E-state index contributed by atoms with van der Waals surface area (Å²) in [5.74, 6) is 0. The van der Waals surface area contributed by atoms with Crippen LogP contribution in [-0.2, 0) is 16.6 Å². The number of aryl methyl sites for hydroxylation is 1. The molecule has 2 heterocycles. The summed E-state index contributed by atoms with van der Waals surface area (Å²) in [6, 6.07) is 10.2. The summed E-state index contributed by atoms with van der Waals surface area (Å²) in [6.45, 7) is 0.518. The molecule has 1 N–H and O–H groups in total. The second-order valence-electron chi connectivity index (χ2n) is 5.26. The maximum Gasteiger partial charge on any atom is 0.350 e. The van der Waals surface area contributed by atoms with E-state index >= 15 is 0 Å². The predicted octanol–water partition coefficient (Wildman–Crippen LogP) is 2.39. The van der Waals surface area contributed by atoms with E-state index in [9.17, 15) is 13.2 Å². The SMILES string of the molecule is O=c1n(CCCNS(=O)(=O)c2cc(Br)ccc2Br)nc2ccccn12. The number of halogens is 2. The van der Waals surface area contributed by atoms with Gasteiger partial charge in [-0.1, -0.05) is 22.0 Å². The van der Waals surface area contributed by atoms with Crippen LogP contribution in [0.4, 0.5) is 0 Å². The molecule has 3 rings (SSSR count). The van der Waals surface area contributed by atoms with Gasteiger partial charge >= 0.3 is 5.69 Å². The van der Waals surface area contributed by atoms with Crippen molar-refractivity contribution in [2.24, 2.45) is 0 Å². The van der Waals surface area contributed by atoms with Crippen molar-refractivity contribution in [3.63, 3.8) is 0 Å². The number of benzene rings is 1. The van der Waals surface area contributed by atoms with Gasteiger partial charge in [0.25, 0.3) is 0 Å². The van der Waals surface area contributed by atoms with Gasteiger partial charge in [0.1, 0.15) is 0 Å². The van der Waals surface area contributed by atoms with Crippen molar-refractivity contribution in [3.05, 3.63) is 62.0 Å². The maximum absolute atomic E-state index is 12.4. The first kappa shape index (κ1) is 18.3. The Hall–Kier alpha value is -1.49. The number of hydrogen-bond acceptors (Lipinski definition) is 4. The highest BCUT2D eigenvalue weighted by molar-refractivity contribution is 9.11. The van der Waals surface area contributed by atoms with Crippen molar-refractivity contribution in [2.75, 3.05) is 6.54 Å². The van der Waals surface area contributed by atoms with Crippen LogP contribution in [0.15, 0.2) is 61.2 Å². The number of nitrogens with zero attached hydrogens (tertiary/aromatic N) is 3. The van der Waals surface area contributed by atoms with Crippen molar-refractivity contribution in [3.8, 4) is 0 Å². The molecule has 0 amide bonds. The first-order chi connectivity index (χ1) is 11.9. The minimum absolute atomic E-state index is 0.159. The van der Waals surface area contributed by atoms with Crippen LogP contribution in [-0.4, -0.2) is 29.1 Å². The third-order valence-corrected chi connectivity index (χ3v) is 6.46. The first-order valence-corrected chi connectivity index (χ1v) is 10.4. The molecule has 1 aromatic carbocycles. The molecular formula is C15H14Br2N4O3S. The largest absolute Gasteiger partial charge is 0.350 e. The molecule has 0 aliphatic carbocycles. The van der Waals surface area contributed by atoms with Crippen LogP contribution in [0.1, 0.15) is 6.42 Å². The van der Waals surface area contributed by atoms with Gasteiger partial charge in [-0.2, -0.15) is 0 Å².